The molecule has 0 bridgehead atoms. The van der Waals surface area contributed by atoms with Crippen molar-refractivity contribution in [3.8, 4) is 5.75 Å². The van der Waals surface area contributed by atoms with Gasteiger partial charge in [0, 0.05) is 5.92 Å². The van der Waals surface area contributed by atoms with E-state index in [-0.39, 0.29) is 0 Å². The summed E-state index contributed by atoms with van der Waals surface area (Å²) in [4.78, 5) is 0. The van der Waals surface area contributed by atoms with Gasteiger partial charge in [0.15, 0.2) is 0 Å². The first-order valence-electron chi connectivity index (χ1n) is 8.98. The van der Waals surface area contributed by atoms with Crippen molar-refractivity contribution in [2.45, 2.75) is 74.1 Å². The van der Waals surface area contributed by atoms with Gasteiger partial charge in [-0.05, 0) is 61.8 Å². The Kier molecular flexibility index (Phi) is 12.2. The molecule has 0 aromatic heterocycles. The number of allylic oxidation sites excluding steroid dienone is 4. The Morgan fingerprint density at radius 1 is 0.731 bits per heavy atom. The van der Waals surface area contributed by atoms with E-state index in [0.717, 1.165) is 11.1 Å². The molecule has 1 aliphatic carbocycles. The van der Waals surface area contributed by atoms with Crippen molar-refractivity contribution in [1.29, 1.82) is 0 Å². The van der Waals surface area contributed by atoms with Gasteiger partial charge in [-0.2, -0.15) is 0 Å². The van der Waals surface area contributed by atoms with Gasteiger partial charge >= 0.3 is 35.6 Å². The van der Waals surface area contributed by atoms with Crippen LogP contribution in [0.15, 0.2) is 40.5 Å². The normalized spacial score (nSPS) is 14.3. The SMILES string of the molecule is CC(C)c1cccc(C(C)C)c1O.C[C]1C(C)=C(C)C(C)=C1C.[Cl][Ti][Cl]. The second-order valence-electron chi connectivity index (χ2n) is 7.29. The van der Waals surface area contributed by atoms with Gasteiger partial charge in [-0.1, -0.05) is 64.0 Å². The number of phenolic OH excluding ortho intramolecular Hbond substituents is 1. The minimum absolute atomic E-state index is 0.388. The summed E-state index contributed by atoms with van der Waals surface area (Å²) in [6.07, 6.45) is 0. The molecule has 0 atom stereocenters. The predicted molar refractivity (Wildman–Crippen MR) is 114 cm³/mol. The van der Waals surface area contributed by atoms with Crippen molar-refractivity contribution in [2.24, 2.45) is 0 Å². The quantitative estimate of drug-likeness (QED) is 0.466. The Hall–Kier alpha value is -0.206. The van der Waals surface area contributed by atoms with Gasteiger partial charge in [0.05, 0.1) is 0 Å². The van der Waals surface area contributed by atoms with E-state index >= 15 is 0 Å². The van der Waals surface area contributed by atoms with Crippen LogP contribution in [0.5, 0.6) is 5.75 Å². The van der Waals surface area contributed by atoms with Crippen LogP contribution in [0.4, 0.5) is 0 Å². The Labute approximate surface area is 177 Å². The second-order valence-corrected chi connectivity index (χ2v) is 9.87. The molecule has 1 N–H and O–H groups in total. The van der Waals surface area contributed by atoms with Gasteiger partial charge in [-0.25, -0.2) is 0 Å². The molecule has 1 aromatic rings. The van der Waals surface area contributed by atoms with Crippen molar-refractivity contribution in [2.75, 3.05) is 0 Å². The Morgan fingerprint density at radius 2 is 1.04 bits per heavy atom. The molecule has 145 valence electrons. The molecule has 0 heterocycles. The molecule has 0 saturated heterocycles. The molecule has 0 saturated carbocycles. The molecular weight excluding hydrogens is 399 g/mol. The number of para-hydroxylation sites is 1. The van der Waals surface area contributed by atoms with Crippen molar-refractivity contribution >= 4 is 18.6 Å². The van der Waals surface area contributed by atoms with Crippen LogP contribution in [0.2, 0.25) is 0 Å². The first-order valence-corrected chi connectivity index (χ1v) is 13.3. The fraction of sp³-hybridized carbons (Fsp3) is 0.500. The van der Waals surface area contributed by atoms with Crippen LogP contribution in [0.1, 0.15) is 85.3 Å². The molecular formula is C22H33Cl2OTi. The summed E-state index contributed by atoms with van der Waals surface area (Å²) in [5.74, 6) is 2.72. The molecule has 0 spiro atoms. The summed E-state index contributed by atoms with van der Waals surface area (Å²) in [6, 6.07) is 6.00. The average molecular weight is 432 g/mol. The van der Waals surface area contributed by atoms with Gasteiger partial charge in [0.2, 0.25) is 0 Å². The van der Waals surface area contributed by atoms with E-state index in [1.54, 1.807) is 0 Å². The van der Waals surface area contributed by atoms with Crippen LogP contribution in [0, 0.1) is 5.92 Å². The molecule has 2 rings (SSSR count). The molecule has 0 amide bonds. The van der Waals surface area contributed by atoms with E-state index < -0.39 is 17.0 Å². The summed E-state index contributed by atoms with van der Waals surface area (Å²) in [6.45, 7) is 19.4. The maximum atomic E-state index is 9.93. The van der Waals surface area contributed by atoms with Gasteiger partial charge in [0.25, 0.3) is 0 Å². The standard InChI is InChI=1S/C12H18O.C10H15.2ClH.Ti/c1-8(2)10-6-5-7-11(9(3)4)12(10)13;1-6-7(2)9(4)10(5)8(6)3;;;/h5-9,13H,1-4H3;1-5H3;2*1H;/q;;;;+2/p-2. The minimum atomic E-state index is -0.556. The molecule has 1 nitrogen and oxygen atoms in total. The van der Waals surface area contributed by atoms with Crippen LogP contribution < -0.4 is 0 Å². The first kappa shape index (κ1) is 25.8. The van der Waals surface area contributed by atoms with Crippen LogP contribution in [-0.4, -0.2) is 5.11 Å². The van der Waals surface area contributed by atoms with Crippen LogP contribution in [0.3, 0.4) is 0 Å². The first-order chi connectivity index (χ1) is 12.0. The van der Waals surface area contributed by atoms with Crippen molar-refractivity contribution in [3.05, 3.63) is 57.5 Å². The number of benzene rings is 1. The number of aromatic hydroxyl groups is 1. The van der Waals surface area contributed by atoms with Crippen molar-refractivity contribution in [1.82, 2.24) is 0 Å². The molecule has 1 aromatic carbocycles. The fourth-order valence-corrected chi connectivity index (χ4v) is 2.92. The van der Waals surface area contributed by atoms with Gasteiger partial charge in [-0.15, -0.1) is 0 Å². The van der Waals surface area contributed by atoms with E-state index in [0.29, 0.717) is 17.6 Å². The summed E-state index contributed by atoms with van der Waals surface area (Å²) in [7, 11) is 9.78. The topological polar surface area (TPSA) is 20.2 Å². The van der Waals surface area contributed by atoms with Gasteiger partial charge < -0.3 is 5.11 Å². The van der Waals surface area contributed by atoms with E-state index in [9.17, 15) is 5.11 Å². The average Bonchev–Trinajstić information content (AvgIpc) is 2.74. The van der Waals surface area contributed by atoms with Gasteiger partial charge in [0.1, 0.15) is 5.75 Å². The molecule has 0 aliphatic heterocycles. The zero-order valence-electron chi connectivity index (χ0n) is 17.6. The molecule has 0 unspecified atom stereocenters. The molecule has 26 heavy (non-hydrogen) atoms. The summed E-state index contributed by atoms with van der Waals surface area (Å²) in [5, 5.41) is 9.93. The van der Waals surface area contributed by atoms with E-state index in [4.69, 9.17) is 18.6 Å². The molecule has 0 fully saturated rings. The van der Waals surface area contributed by atoms with Crippen LogP contribution in [0.25, 0.3) is 0 Å². The van der Waals surface area contributed by atoms with Crippen molar-refractivity contribution in [3.63, 3.8) is 0 Å². The number of hydrogen-bond acceptors (Lipinski definition) is 1. The number of phenols is 1. The van der Waals surface area contributed by atoms with Crippen LogP contribution in [-0.2, 0) is 17.0 Å². The zero-order valence-corrected chi connectivity index (χ0v) is 20.7. The van der Waals surface area contributed by atoms with E-state index in [1.807, 2.05) is 18.2 Å². The predicted octanol–water partition coefficient (Wildman–Crippen LogP) is 8.28. The van der Waals surface area contributed by atoms with E-state index in [1.165, 1.54) is 28.2 Å². The van der Waals surface area contributed by atoms with Crippen LogP contribution >= 0.6 is 18.6 Å². The fourth-order valence-electron chi connectivity index (χ4n) is 2.92. The van der Waals surface area contributed by atoms with E-state index in [2.05, 4.69) is 62.3 Å². The number of rotatable bonds is 2. The third kappa shape index (κ3) is 7.08. The van der Waals surface area contributed by atoms with Gasteiger partial charge in [-0.3, -0.25) is 0 Å². The zero-order chi connectivity index (χ0) is 20.6. The number of hydrogen-bond donors (Lipinski definition) is 1. The second kappa shape index (κ2) is 12.3. The third-order valence-electron chi connectivity index (χ3n) is 5.15. The summed E-state index contributed by atoms with van der Waals surface area (Å²) < 4.78 is 0. The third-order valence-corrected chi connectivity index (χ3v) is 5.15. The summed E-state index contributed by atoms with van der Waals surface area (Å²) in [5.41, 5.74) is 7.97. The Balaban J connectivity index is 0.000000428. The molecule has 1 aliphatic rings. The number of halogens is 2. The molecule has 1 radical (unpaired) electrons. The van der Waals surface area contributed by atoms with Crippen molar-refractivity contribution < 1.29 is 22.1 Å². The maximum absolute atomic E-state index is 9.93. The Bertz CT molecular complexity index is 595. The monoisotopic (exact) mass is 431 g/mol. The Morgan fingerprint density at radius 3 is 1.23 bits per heavy atom. The molecule has 4 heteroatoms. The summed E-state index contributed by atoms with van der Waals surface area (Å²) >= 11 is -0.556.